The number of hydrogen-bond donors (Lipinski definition) is 2. The van der Waals surface area contributed by atoms with Gasteiger partial charge in [-0.1, -0.05) is 52.4 Å². The highest BCUT2D eigenvalue weighted by molar-refractivity contribution is 5.96. The molecule has 1 saturated carbocycles. The molecule has 0 bridgehead atoms. The number of carbonyl (C=O) groups is 2. The molecule has 0 radical (unpaired) electrons. The molecule has 6 nitrogen and oxygen atoms in total. The van der Waals surface area contributed by atoms with Gasteiger partial charge in [-0.25, -0.2) is 4.79 Å². The van der Waals surface area contributed by atoms with Crippen LogP contribution in [0.2, 0.25) is 0 Å². The van der Waals surface area contributed by atoms with Crippen LogP contribution in [0.25, 0.3) is 0 Å². The monoisotopic (exact) mass is 430 g/mol. The van der Waals surface area contributed by atoms with Crippen LogP contribution in [0.3, 0.4) is 0 Å². The minimum atomic E-state index is -1.06. The molecule has 1 aromatic heterocycles. The van der Waals surface area contributed by atoms with E-state index in [0.717, 1.165) is 56.2 Å². The number of aryl methyl sites for hydroxylation is 1. The van der Waals surface area contributed by atoms with Crippen LogP contribution in [0, 0.1) is 11.8 Å². The molecule has 0 aromatic carbocycles. The Bertz CT molecular complexity index is 839. The zero-order chi connectivity index (χ0) is 22.4. The summed E-state index contributed by atoms with van der Waals surface area (Å²) in [6.45, 7) is 4.38. The number of carboxylic acid groups (broad SMARTS) is 1. The number of amides is 1. The molecular weight excluding hydrogens is 392 g/mol. The lowest BCUT2D eigenvalue weighted by Gasteiger charge is -2.27. The van der Waals surface area contributed by atoms with Gasteiger partial charge in [-0.2, -0.15) is 0 Å². The molecule has 2 unspecified atom stereocenters. The van der Waals surface area contributed by atoms with Gasteiger partial charge in [-0.05, 0) is 62.0 Å². The summed E-state index contributed by atoms with van der Waals surface area (Å²) >= 11 is 0. The Morgan fingerprint density at radius 3 is 2.39 bits per heavy atom. The molecule has 2 aliphatic rings. The van der Waals surface area contributed by atoms with Gasteiger partial charge in [0.2, 0.25) is 0 Å². The summed E-state index contributed by atoms with van der Waals surface area (Å²) in [5.41, 5.74) is 2.04. The van der Waals surface area contributed by atoms with Gasteiger partial charge in [0.25, 0.3) is 11.5 Å². The number of rotatable bonds is 7. The lowest BCUT2D eigenvalue weighted by Crippen LogP contribution is -2.47. The maximum atomic E-state index is 13.5. The average Bonchev–Trinajstić information content (AvgIpc) is 2.74. The fraction of sp³-hybridized carbons (Fsp3) is 0.720. The van der Waals surface area contributed by atoms with E-state index in [4.69, 9.17) is 0 Å². The second-order valence-corrected chi connectivity index (χ2v) is 9.54. The number of hydrogen-bond acceptors (Lipinski definition) is 3. The van der Waals surface area contributed by atoms with Crippen LogP contribution < -0.4 is 10.9 Å². The number of pyridine rings is 1. The van der Waals surface area contributed by atoms with E-state index in [1.807, 2.05) is 11.5 Å². The van der Waals surface area contributed by atoms with Crippen molar-refractivity contribution in [3.05, 3.63) is 33.2 Å². The Kier molecular flexibility index (Phi) is 8.33. The van der Waals surface area contributed by atoms with Crippen molar-refractivity contribution in [2.24, 2.45) is 11.8 Å². The van der Waals surface area contributed by atoms with Gasteiger partial charge in [0.15, 0.2) is 0 Å². The van der Waals surface area contributed by atoms with Crippen molar-refractivity contribution in [3.8, 4) is 0 Å². The highest BCUT2D eigenvalue weighted by Crippen LogP contribution is 2.27. The molecule has 2 aliphatic carbocycles. The van der Waals surface area contributed by atoms with Gasteiger partial charge < -0.3 is 15.0 Å². The minimum Gasteiger partial charge on any atom is -0.480 e. The molecule has 1 aromatic rings. The first-order valence-corrected chi connectivity index (χ1v) is 12.2. The third-order valence-corrected chi connectivity index (χ3v) is 7.28. The van der Waals surface area contributed by atoms with E-state index in [1.54, 1.807) is 13.0 Å². The quantitative estimate of drug-likeness (QED) is 0.674. The highest BCUT2D eigenvalue weighted by Gasteiger charge is 2.28. The van der Waals surface area contributed by atoms with E-state index in [0.29, 0.717) is 18.9 Å². The summed E-state index contributed by atoms with van der Waals surface area (Å²) in [5.74, 6) is -1.35. The Labute approximate surface area is 185 Å². The van der Waals surface area contributed by atoms with Crippen LogP contribution in [0.1, 0.15) is 99.7 Å². The summed E-state index contributed by atoms with van der Waals surface area (Å²) in [5, 5.41) is 12.2. The molecule has 2 N–H and O–H groups in total. The van der Waals surface area contributed by atoms with Gasteiger partial charge in [-0.15, -0.1) is 0 Å². The zero-order valence-electron chi connectivity index (χ0n) is 19.1. The van der Waals surface area contributed by atoms with Crippen molar-refractivity contribution in [2.45, 2.75) is 103 Å². The molecule has 0 aliphatic heterocycles. The third-order valence-electron chi connectivity index (χ3n) is 7.28. The van der Waals surface area contributed by atoms with Crippen LogP contribution in [-0.2, 0) is 24.2 Å². The Balaban J connectivity index is 1.98. The van der Waals surface area contributed by atoms with Crippen molar-refractivity contribution in [1.29, 1.82) is 0 Å². The lowest BCUT2D eigenvalue weighted by atomic mass is 9.88. The first-order valence-electron chi connectivity index (χ1n) is 12.2. The fourth-order valence-electron chi connectivity index (χ4n) is 5.12. The van der Waals surface area contributed by atoms with E-state index in [-0.39, 0.29) is 17.0 Å². The summed E-state index contributed by atoms with van der Waals surface area (Å²) in [7, 11) is 0. The van der Waals surface area contributed by atoms with E-state index < -0.39 is 17.9 Å². The fourth-order valence-corrected chi connectivity index (χ4v) is 5.12. The second-order valence-electron chi connectivity index (χ2n) is 9.54. The normalized spacial score (nSPS) is 19.5. The van der Waals surface area contributed by atoms with Gasteiger partial charge in [-0.3, -0.25) is 9.59 Å². The van der Waals surface area contributed by atoms with Gasteiger partial charge in [0.05, 0.1) is 0 Å². The predicted molar refractivity (Wildman–Crippen MR) is 121 cm³/mol. The van der Waals surface area contributed by atoms with Crippen LogP contribution in [0.15, 0.2) is 10.9 Å². The van der Waals surface area contributed by atoms with Crippen LogP contribution in [0.4, 0.5) is 0 Å². The maximum absolute atomic E-state index is 13.5. The maximum Gasteiger partial charge on any atom is 0.326 e. The van der Waals surface area contributed by atoms with E-state index in [9.17, 15) is 19.5 Å². The molecule has 3 rings (SSSR count). The standard InChI is InChI=1S/C25H38N2O4/c1-3-17(2)22(25(30)31)26-23(28)20-15-19-13-9-4-5-10-14-21(19)27(24(20)29)16-18-11-7-6-8-12-18/h15,17-18,22H,3-14,16H2,1-2H3,(H,26,28)(H,30,31). The molecule has 1 amide bonds. The summed E-state index contributed by atoms with van der Waals surface area (Å²) in [4.78, 5) is 38.3. The third kappa shape index (κ3) is 5.78. The summed E-state index contributed by atoms with van der Waals surface area (Å²) < 4.78 is 1.88. The number of fused-ring (bicyclic) bond motifs is 1. The van der Waals surface area contributed by atoms with Crippen molar-refractivity contribution in [3.63, 3.8) is 0 Å². The van der Waals surface area contributed by atoms with Crippen LogP contribution in [0.5, 0.6) is 0 Å². The number of aromatic nitrogens is 1. The molecule has 31 heavy (non-hydrogen) atoms. The SMILES string of the molecule is CCC(C)C(NC(=O)c1cc2c(n(CC3CCCCC3)c1=O)CCCCCC2)C(=O)O. The Hall–Kier alpha value is -2.11. The first-order chi connectivity index (χ1) is 14.9. The molecule has 1 fully saturated rings. The van der Waals surface area contributed by atoms with Crippen molar-refractivity contribution < 1.29 is 14.7 Å². The number of nitrogens with one attached hydrogen (secondary N) is 1. The highest BCUT2D eigenvalue weighted by atomic mass is 16.4. The van der Waals surface area contributed by atoms with Crippen molar-refractivity contribution in [1.82, 2.24) is 9.88 Å². The minimum absolute atomic E-state index is 0.102. The molecule has 2 atom stereocenters. The topological polar surface area (TPSA) is 88.4 Å². The van der Waals surface area contributed by atoms with E-state index in [2.05, 4.69) is 5.32 Å². The number of carboxylic acids is 1. The smallest absolute Gasteiger partial charge is 0.326 e. The summed E-state index contributed by atoms with van der Waals surface area (Å²) in [6, 6.07) is 0.760. The largest absolute Gasteiger partial charge is 0.480 e. The summed E-state index contributed by atoms with van der Waals surface area (Å²) in [6.07, 6.45) is 12.8. The molecular formula is C25H38N2O4. The van der Waals surface area contributed by atoms with Crippen LogP contribution >= 0.6 is 0 Å². The second kappa shape index (κ2) is 11.0. The number of aliphatic carboxylic acids is 1. The Morgan fingerprint density at radius 1 is 1.10 bits per heavy atom. The van der Waals surface area contributed by atoms with E-state index in [1.165, 1.54) is 25.7 Å². The molecule has 6 heteroatoms. The predicted octanol–water partition coefficient (Wildman–Crippen LogP) is 4.32. The molecule has 172 valence electrons. The van der Waals surface area contributed by atoms with Crippen molar-refractivity contribution in [2.75, 3.05) is 0 Å². The number of nitrogens with zero attached hydrogens (tertiary/aromatic N) is 1. The van der Waals surface area contributed by atoms with Gasteiger partial charge in [0.1, 0.15) is 11.6 Å². The average molecular weight is 431 g/mol. The van der Waals surface area contributed by atoms with Gasteiger partial charge >= 0.3 is 5.97 Å². The number of carbonyl (C=O) groups excluding carboxylic acids is 1. The van der Waals surface area contributed by atoms with E-state index >= 15 is 0 Å². The van der Waals surface area contributed by atoms with Gasteiger partial charge in [0, 0.05) is 12.2 Å². The first kappa shape index (κ1) is 23.6. The Morgan fingerprint density at radius 2 is 1.74 bits per heavy atom. The van der Waals surface area contributed by atoms with Crippen molar-refractivity contribution >= 4 is 11.9 Å². The zero-order valence-corrected chi connectivity index (χ0v) is 19.1. The lowest BCUT2D eigenvalue weighted by molar-refractivity contribution is -0.140. The molecule has 0 saturated heterocycles. The molecule has 0 spiro atoms. The van der Waals surface area contributed by atoms with Crippen LogP contribution in [-0.4, -0.2) is 27.6 Å². The molecule has 1 heterocycles.